The summed E-state index contributed by atoms with van der Waals surface area (Å²) in [5, 5.41) is 4.11. The molecule has 0 amide bonds. The standard InChI is InChI=1S/C8H11BrN2O/c1-5(2)7-6(4-12)8(9)10-11(7)3/h4-5H,1-3H3. The minimum atomic E-state index is 0.314. The maximum absolute atomic E-state index is 10.7. The first-order valence-electron chi connectivity index (χ1n) is 3.75. The smallest absolute Gasteiger partial charge is 0.154 e. The lowest BCUT2D eigenvalue weighted by Crippen LogP contribution is -2.01. The molecule has 0 aliphatic heterocycles. The first-order chi connectivity index (χ1) is 5.57. The highest BCUT2D eigenvalue weighted by molar-refractivity contribution is 9.10. The lowest BCUT2D eigenvalue weighted by atomic mass is 10.1. The Bertz CT molecular complexity index is 304. The number of aromatic nitrogens is 2. The summed E-state index contributed by atoms with van der Waals surface area (Å²) in [6.07, 6.45) is 0.840. The molecule has 0 saturated carbocycles. The molecule has 0 fully saturated rings. The van der Waals surface area contributed by atoms with Crippen LogP contribution in [0.2, 0.25) is 0 Å². The second-order valence-electron chi connectivity index (χ2n) is 2.99. The Morgan fingerprint density at radius 3 is 2.50 bits per heavy atom. The Morgan fingerprint density at radius 1 is 1.58 bits per heavy atom. The number of hydrogen-bond donors (Lipinski definition) is 0. The molecule has 1 aromatic rings. The zero-order valence-corrected chi connectivity index (χ0v) is 8.92. The highest BCUT2D eigenvalue weighted by atomic mass is 79.9. The summed E-state index contributed by atoms with van der Waals surface area (Å²) in [5.74, 6) is 0.314. The molecule has 12 heavy (non-hydrogen) atoms. The van der Waals surface area contributed by atoms with Crippen molar-refractivity contribution in [1.82, 2.24) is 9.78 Å². The van der Waals surface area contributed by atoms with Crippen LogP contribution in [0.15, 0.2) is 4.60 Å². The Hall–Kier alpha value is -0.640. The summed E-state index contributed by atoms with van der Waals surface area (Å²) < 4.78 is 2.36. The van der Waals surface area contributed by atoms with Crippen LogP contribution in [0.4, 0.5) is 0 Å². The first kappa shape index (κ1) is 9.45. The summed E-state index contributed by atoms with van der Waals surface area (Å²) in [4.78, 5) is 10.7. The van der Waals surface area contributed by atoms with Crippen LogP contribution in [0, 0.1) is 0 Å². The van der Waals surface area contributed by atoms with E-state index in [1.807, 2.05) is 20.9 Å². The van der Waals surface area contributed by atoms with Gasteiger partial charge in [-0.1, -0.05) is 13.8 Å². The fourth-order valence-electron chi connectivity index (χ4n) is 1.31. The molecule has 0 bridgehead atoms. The topological polar surface area (TPSA) is 34.9 Å². The van der Waals surface area contributed by atoms with Gasteiger partial charge in [0.15, 0.2) is 6.29 Å². The number of halogens is 1. The van der Waals surface area contributed by atoms with Crippen LogP contribution in [0.5, 0.6) is 0 Å². The van der Waals surface area contributed by atoms with Crippen molar-refractivity contribution in [2.45, 2.75) is 19.8 Å². The van der Waals surface area contributed by atoms with Gasteiger partial charge in [-0.25, -0.2) is 0 Å². The largest absolute Gasteiger partial charge is 0.298 e. The Balaban J connectivity index is 3.32. The van der Waals surface area contributed by atoms with Gasteiger partial charge < -0.3 is 0 Å². The normalized spacial score (nSPS) is 10.8. The van der Waals surface area contributed by atoms with Crippen molar-refractivity contribution in [3.8, 4) is 0 Å². The van der Waals surface area contributed by atoms with Gasteiger partial charge in [0, 0.05) is 7.05 Å². The monoisotopic (exact) mass is 230 g/mol. The molecule has 0 saturated heterocycles. The fourth-order valence-corrected chi connectivity index (χ4v) is 1.85. The summed E-state index contributed by atoms with van der Waals surface area (Å²) in [7, 11) is 1.84. The van der Waals surface area contributed by atoms with E-state index in [0.717, 1.165) is 12.0 Å². The van der Waals surface area contributed by atoms with Crippen molar-refractivity contribution < 1.29 is 4.79 Å². The summed E-state index contributed by atoms with van der Waals surface area (Å²) in [6, 6.07) is 0. The predicted molar refractivity (Wildman–Crippen MR) is 50.4 cm³/mol. The third kappa shape index (κ3) is 1.43. The van der Waals surface area contributed by atoms with Gasteiger partial charge in [-0.15, -0.1) is 0 Å². The third-order valence-corrected chi connectivity index (χ3v) is 2.34. The van der Waals surface area contributed by atoms with E-state index in [1.54, 1.807) is 4.68 Å². The van der Waals surface area contributed by atoms with E-state index in [9.17, 15) is 4.79 Å². The molecule has 1 heterocycles. The van der Waals surface area contributed by atoms with E-state index in [-0.39, 0.29) is 0 Å². The molecule has 0 unspecified atom stereocenters. The van der Waals surface area contributed by atoms with Gasteiger partial charge in [-0.2, -0.15) is 5.10 Å². The Kier molecular flexibility index (Phi) is 2.67. The lowest BCUT2D eigenvalue weighted by Gasteiger charge is -2.05. The maximum Gasteiger partial charge on any atom is 0.154 e. The minimum absolute atomic E-state index is 0.314. The van der Waals surface area contributed by atoms with Gasteiger partial charge in [0.2, 0.25) is 0 Å². The molecule has 1 rings (SSSR count). The van der Waals surface area contributed by atoms with Crippen LogP contribution in [-0.2, 0) is 7.05 Å². The zero-order valence-electron chi connectivity index (χ0n) is 7.34. The van der Waals surface area contributed by atoms with Crippen LogP contribution in [0.3, 0.4) is 0 Å². The van der Waals surface area contributed by atoms with Crippen molar-refractivity contribution >= 4 is 22.2 Å². The molecule has 3 nitrogen and oxygen atoms in total. The van der Waals surface area contributed by atoms with Crippen LogP contribution in [0.1, 0.15) is 35.8 Å². The van der Waals surface area contributed by atoms with Crippen LogP contribution in [-0.4, -0.2) is 16.1 Å². The van der Waals surface area contributed by atoms with Crippen molar-refractivity contribution in [2.75, 3.05) is 0 Å². The quantitative estimate of drug-likeness (QED) is 0.730. The molecular formula is C8H11BrN2O. The predicted octanol–water partition coefficient (Wildman–Crippen LogP) is 2.12. The van der Waals surface area contributed by atoms with E-state index in [0.29, 0.717) is 16.1 Å². The summed E-state index contributed by atoms with van der Waals surface area (Å²) in [6.45, 7) is 4.08. The Labute approximate surface area is 79.9 Å². The van der Waals surface area contributed by atoms with Gasteiger partial charge >= 0.3 is 0 Å². The number of aldehydes is 1. The molecule has 4 heteroatoms. The summed E-state index contributed by atoms with van der Waals surface area (Å²) >= 11 is 3.23. The molecule has 0 spiro atoms. The number of nitrogens with zero attached hydrogens (tertiary/aromatic N) is 2. The van der Waals surface area contributed by atoms with E-state index in [1.165, 1.54) is 0 Å². The molecule has 66 valence electrons. The number of aryl methyl sites for hydroxylation is 1. The molecule has 0 aliphatic carbocycles. The highest BCUT2D eigenvalue weighted by Gasteiger charge is 2.15. The Morgan fingerprint density at radius 2 is 2.17 bits per heavy atom. The van der Waals surface area contributed by atoms with Gasteiger partial charge in [0.05, 0.1) is 11.3 Å². The van der Waals surface area contributed by atoms with Gasteiger partial charge in [-0.3, -0.25) is 9.48 Å². The lowest BCUT2D eigenvalue weighted by molar-refractivity contribution is 0.112. The van der Waals surface area contributed by atoms with Crippen LogP contribution < -0.4 is 0 Å². The van der Waals surface area contributed by atoms with Crippen molar-refractivity contribution in [3.05, 3.63) is 15.9 Å². The number of hydrogen-bond acceptors (Lipinski definition) is 2. The third-order valence-electron chi connectivity index (χ3n) is 1.75. The molecule has 0 aliphatic rings. The van der Waals surface area contributed by atoms with Crippen molar-refractivity contribution in [2.24, 2.45) is 7.05 Å². The van der Waals surface area contributed by atoms with Crippen molar-refractivity contribution in [3.63, 3.8) is 0 Å². The average molecular weight is 231 g/mol. The fraction of sp³-hybridized carbons (Fsp3) is 0.500. The molecule has 0 N–H and O–H groups in total. The SMILES string of the molecule is CC(C)c1c(C=O)c(Br)nn1C. The molecule has 0 radical (unpaired) electrons. The second kappa shape index (κ2) is 3.39. The molecular weight excluding hydrogens is 220 g/mol. The van der Waals surface area contributed by atoms with Crippen molar-refractivity contribution in [1.29, 1.82) is 0 Å². The number of carbonyl (C=O) groups is 1. The zero-order chi connectivity index (χ0) is 9.30. The van der Waals surface area contributed by atoms with E-state index in [2.05, 4.69) is 21.0 Å². The van der Waals surface area contributed by atoms with Crippen LogP contribution >= 0.6 is 15.9 Å². The van der Waals surface area contributed by atoms with Gasteiger partial charge in [0.25, 0.3) is 0 Å². The first-order valence-corrected chi connectivity index (χ1v) is 4.54. The average Bonchev–Trinajstić information content (AvgIpc) is 2.24. The number of carbonyl (C=O) groups excluding carboxylic acids is 1. The second-order valence-corrected chi connectivity index (χ2v) is 3.74. The van der Waals surface area contributed by atoms with E-state index < -0.39 is 0 Å². The van der Waals surface area contributed by atoms with Gasteiger partial charge in [-0.05, 0) is 21.8 Å². The van der Waals surface area contributed by atoms with Gasteiger partial charge in [0.1, 0.15) is 4.60 Å². The highest BCUT2D eigenvalue weighted by Crippen LogP contribution is 2.23. The van der Waals surface area contributed by atoms with Crippen LogP contribution in [0.25, 0.3) is 0 Å². The van der Waals surface area contributed by atoms with E-state index in [4.69, 9.17) is 0 Å². The maximum atomic E-state index is 10.7. The molecule has 1 aromatic heterocycles. The molecule has 0 atom stereocenters. The number of rotatable bonds is 2. The summed E-state index contributed by atoms with van der Waals surface area (Å²) in [5.41, 5.74) is 1.63. The molecule has 0 aromatic carbocycles. The minimum Gasteiger partial charge on any atom is -0.298 e. The van der Waals surface area contributed by atoms with E-state index >= 15 is 0 Å².